The van der Waals surface area contributed by atoms with Crippen LogP contribution in [0.4, 0.5) is 0 Å². The van der Waals surface area contributed by atoms with E-state index in [0.717, 1.165) is 13.0 Å². The fourth-order valence-electron chi connectivity index (χ4n) is 1.33. The van der Waals surface area contributed by atoms with Gasteiger partial charge in [-0.2, -0.15) is 0 Å². The van der Waals surface area contributed by atoms with Gasteiger partial charge < -0.3 is 15.5 Å². The van der Waals surface area contributed by atoms with Crippen molar-refractivity contribution in [2.24, 2.45) is 0 Å². The summed E-state index contributed by atoms with van der Waals surface area (Å²) in [6.07, 6.45) is 1.05. The lowest BCUT2D eigenvalue weighted by atomic mass is 10.1. The zero-order valence-electron chi connectivity index (χ0n) is 6.29. The number of rotatable bonds is 3. The molecular formula is C7H13NO3. The highest BCUT2D eigenvalue weighted by atomic mass is 16.4. The predicted octanol–water partition coefficient (Wildman–Crippen LogP) is -0.426. The van der Waals surface area contributed by atoms with E-state index in [2.05, 4.69) is 5.32 Å². The minimum Gasteiger partial charge on any atom is -0.481 e. The minimum absolute atomic E-state index is 0.00824. The first-order valence-electron chi connectivity index (χ1n) is 3.83. The van der Waals surface area contributed by atoms with Gasteiger partial charge in [0.2, 0.25) is 0 Å². The molecule has 2 atom stereocenters. The highest BCUT2D eigenvalue weighted by molar-refractivity contribution is 5.66. The Balaban J connectivity index is 2.20. The zero-order valence-corrected chi connectivity index (χ0v) is 6.29. The molecule has 1 fully saturated rings. The molecule has 0 aromatic rings. The van der Waals surface area contributed by atoms with Crippen LogP contribution in [0.2, 0.25) is 0 Å². The number of aliphatic hydroxyl groups excluding tert-OH is 1. The van der Waals surface area contributed by atoms with Crippen molar-refractivity contribution in [3.05, 3.63) is 0 Å². The van der Waals surface area contributed by atoms with E-state index < -0.39 is 5.97 Å². The average molecular weight is 159 g/mol. The molecule has 0 aromatic heterocycles. The topological polar surface area (TPSA) is 69.6 Å². The van der Waals surface area contributed by atoms with Crippen LogP contribution in [0.25, 0.3) is 0 Å². The number of nitrogens with one attached hydrogen (secondary N) is 1. The summed E-state index contributed by atoms with van der Waals surface area (Å²) in [6.45, 7) is 0.797. The van der Waals surface area contributed by atoms with Gasteiger partial charge in [-0.3, -0.25) is 4.79 Å². The van der Waals surface area contributed by atoms with Crippen molar-refractivity contribution in [3.63, 3.8) is 0 Å². The summed E-state index contributed by atoms with van der Waals surface area (Å²) < 4.78 is 0. The first-order valence-corrected chi connectivity index (χ1v) is 3.83. The van der Waals surface area contributed by atoms with E-state index in [-0.39, 0.29) is 18.6 Å². The van der Waals surface area contributed by atoms with Crippen molar-refractivity contribution in [2.45, 2.75) is 31.4 Å². The molecule has 0 bridgehead atoms. The van der Waals surface area contributed by atoms with Crippen LogP contribution in [0.5, 0.6) is 0 Å². The van der Waals surface area contributed by atoms with Gasteiger partial charge in [-0.25, -0.2) is 0 Å². The Hall–Kier alpha value is -0.610. The third kappa shape index (κ3) is 2.48. The van der Waals surface area contributed by atoms with Crippen molar-refractivity contribution < 1.29 is 15.0 Å². The molecule has 0 unspecified atom stereocenters. The van der Waals surface area contributed by atoms with Gasteiger partial charge in [-0.05, 0) is 19.4 Å². The number of carboxylic acid groups (broad SMARTS) is 1. The summed E-state index contributed by atoms with van der Waals surface area (Å²) in [5.41, 5.74) is 0. The Kier molecular flexibility index (Phi) is 2.84. The van der Waals surface area contributed by atoms with Gasteiger partial charge in [0, 0.05) is 12.5 Å². The van der Waals surface area contributed by atoms with Crippen LogP contribution in [0.15, 0.2) is 0 Å². The van der Waals surface area contributed by atoms with Crippen molar-refractivity contribution in [2.75, 3.05) is 6.54 Å². The first-order chi connectivity index (χ1) is 5.20. The smallest absolute Gasteiger partial charge is 0.303 e. The summed E-state index contributed by atoms with van der Waals surface area (Å²) in [5.74, 6) is -0.800. The van der Waals surface area contributed by atoms with Crippen LogP contribution in [0, 0.1) is 0 Å². The molecule has 0 spiro atoms. The standard InChI is InChI=1S/C7H13NO3/c9-6-3-4-8-5(6)1-2-7(10)11/h5-6,8-9H,1-4H2,(H,10,11)/t5-,6-/m1/s1. The molecule has 0 radical (unpaired) electrons. The largest absolute Gasteiger partial charge is 0.481 e. The van der Waals surface area contributed by atoms with Crippen LogP contribution in [-0.2, 0) is 4.79 Å². The molecule has 1 aliphatic rings. The molecule has 0 aliphatic carbocycles. The molecule has 1 rings (SSSR count). The van der Waals surface area contributed by atoms with E-state index in [1.54, 1.807) is 0 Å². The molecule has 0 aromatic carbocycles. The van der Waals surface area contributed by atoms with Crippen LogP contribution >= 0.6 is 0 Å². The molecule has 4 heteroatoms. The molecule has 1 heterocycles. The van der Waals surface area contributed by atoms with Gasteiger partial charge in [0.1, 0.15) is 0 Å². The molecule has 1 saturated heterocycles. The van der Waals surface area contributed by atoms with Gasteiger partial charge in [0.25, 0.3) is 0 Å². The lowest BCUT2D eigenvalue weighted by Crippen LogP contribution is -2.30. The van der Waals surface area contributed by atoms with Crippen LogP contribution in [-0.4, -0.2) is 34.9 Å². The van der Waals surface area contributed by atoms with Gasteiger partial charge in [0.05, 0.1) is 6.10 Å². The Labute approximate surface area is 65.2 Å². The van der Waals surface area contributed by atoms with Gasteiger partial charge in [0.15, 0.2) is 0 Å². The van der Waals surface area contributed by atoms with Gasteiger partial charge in [-0.15, -0.1) is 0 Å². The number of carbonyl (C=O) groups is 1. The van der Waals surface area contributed by atoms with Gasteiger partial charge in [-0.1, -0.05) is 0 Å². The van der Waals surface area contributed by atoms with E-state index >= 15 is 0 Å². The second kappa shape index (κ2) is 3.69. The Morgan fingerprint density at radius 1 is 1.64 bits per heavy atom. The van der Waals surface area contributed by atoms with E-state index in [9.17, 15) is 9.90 Å². The summed E-state index contributed by atoms with van der Waals surface area (Å²) >= 11 is 0. The van der Waals surface area contributed by atoms with Gasteiger partial charge >= 0.3 is 5.97 Å². The van der Waals surface area contributed by atoms with Crippen molar-refractivity contribution >= 4 is 5.97 Å². The molecule has 1 aliphatic heterocycles. The molecular weight excluding hydrogens is 146 g/mol. The Morgan fingerprint density at radius 2 is 2.36 bits per heavy atom. The third-order valence-corrected chi connectivity index (χ3v) is 1.98. The lowest BCUT2D eigenvalue weighted by molar-refractivity contribution is -0.137. The maximum atomic E-state index is 10.2. The van der Waals surface area contributed by atoms with E-state index in [1.165, 1.54) is 0 Å². The van der Waals surface area contributed by atoms with E-state index in [4.69, 9.17) is 5.11 Å². The van der Waals surface area contributed by atoms with E-state index in [1.807, 2.05) is 0 Å². The number of hydrogen-bond acceptors (Lipinski definition) is 3. The molecule has 11 heavy (non-hydrogen) atoms. The number of aliphatic hydroxyl groups is 1. The average Bonchev–Trinajstić information content (AvgIpc) is 2.31. The monoisotopic (exact) mass is 159 g/mol. The SMILES string of the molecule is O=C(O)CC[C@H]1NCC[C@H]1O. The first kappa shape index (κ1) is 8.49. The highest BCUT2D eigenvalue weighted by Gasteiger charge is 2.24. The fraction of sp³-hybridized carbons (Fsp3) is 0.857. The predicted molar refractivity (Wildman–Crippen MR) is 39.3 cm³/mol. The van der Waals surface area contributed by atoms with E-state index in [0.29, 0.717) is 6.42 Å². The molecule has 64 valence electrons. The number of carboxylic acids is 1. The Bertz CT molecular complexity index is 149. The highest BCUT2D eigenvalue weighted by Crippen LogP contribution is 2.11. The second-order valence-corrected chi connectivity index (χ2v) is 2.85. The molecule has 0 saturated carbocycles. The molecule has 4 nitrogen and oxygen atoms in total. The van der Waals surface area contributed by atoms with Crippen molar-refractivity contribution in [3.8, 4) is 0 Å². The van der Waals surface area contributed by atoms with Crippen molar-refractivity contribution in [1.82, 2.24) is 5.32 Å². The second-order valence-electron chi connectivity index (χ2n) is 2.85. The minimum atomic E-state index is -0.800. The fourth-order valence-corrected chi connectivity index (χ4v) is 1.33. The summed E-state index contributed by atoms with van der Waals surface area (Å²) in [4.78, 5) is 10.2. The van der Waals surface area contributed by atoms with Crippen LogP contribution in [0.3, 0.4) is 0 Å². The lowest BCUT2D eigenvalue weighted by Gasteiger charge is -2.12. The molecule has 0 amide bonds. The maximum absolute atomic E-state index is 10.2. The summed E-state index contributed by atoms with van der Waals surface area (Å²) in [7, 11) is 0. The van der Waals surface area contributed by atoms with Crippen molar-refractivity contribution in [1.29, 1.82) is 0 Å². The van der Waals surface area contributed by atoms with Crippen LogP contribution < -0.4 is 5.32 Å². The summed E-state index contributed by atoms with van der Waals surface area (Å²) in [6, 6.07) is -0.00824. The number of hydrogen-bond donors (Lipinski definition) is 3. The zero-order chi connectivity index (χ0) is 8.27. The Morgan fingerprint density at radius 3 is 2.82 bits per heavy atom. The quantitative estimate of drug-likeness (QED) is 0.523. The molecule has 3 N–H and O–H groups in total. The van der Waals surface area contributed by atoms with Crippen LogP contribution in [0.1, 0.15) is 19.3 Å². The third-order valence-electron chi connectivity index (χ3n) is 1.98. The maximum Gasteiger partial charge on any atom is 0.303 e. The summed E-state index contributed by atoms with van der Waals surface area (Å²) in [5, 5.41) is 20.6. The normalized spacial score (nSPS) is 30.6. The number of aliphatic carboxylic acids is 1.